The number of hydrogen-bond acceptors (Lipinski definition) is 4. The molecule has 5 amide bonds. The van der Waals surface area contributed by atoms with E-state index in [1.54, 1.807) is 16.8 Å². The number of carbonyl (C=O) groups is 4. The minimum Gasteiger partial charge on any atom is -0.344 e. The normalized spacial score (nSPS) is 21.7. The summed E-state index contributed by atoms with van der Waals surface area (Å²) >= 11 is 0. The van der Waals surface area contributed by atoms with Crippen LogP contribution in [0.3, 0.4) is 0 Å². The minimum atomic E-state index is -0.777. The van der Waals surface area contributed by atoms with Crippen molar-refractivity contribution in [1.29, 1.82) is 0 Å². The fourth-order valence-corrected chi connectivity index (χ4v) is 4.37. The summed E-state index contributed by atoms with van der Waals surface area (Å²) in [6.45, 7) is 1.08. The Morgan fingerprint density at radius 2 is 1.67 bits per heavy atom. The van der Waals surface area contributed by atoms with Crippen LogP contribution in [0.2, 0.25) is 0 Å². The number of imide groups is 1. The number of amides is 5. The average molecular weight is 449 g/mol. The standard InChI is InChI=1S/C25H28N4O4/c1-28-13-14-29(24(32)21-11-12-22(30)27-25(33)26-21)16-20(23(28)31)15-17-7-9-19(10-8-17)18-5-3-2-4-6-18/h2-10,20-21H,11-16H2,1H3,(H2,26,27,30,33)/t20-,21-/m0/s1. The number of urea groups is 1. The van der Waals surface area contributed by atoms with Gasteiger partial charge in [0, 0.05) is 33.1 Å². The molecule has 0 unspecified atom stereocenters. The number of likely N-dealkylation sites (N-methyl/N-ethyl adjacent to an activating group) is 1. The van der Waals surface area contributed by atoms with Crippen LogP contribution in [-0.4, -0.2) is 66.3 Å². The summed E-state index contributed by atoms with van der Waals surface area (Å²) in [6, 6.07) is 16.8. The largest absolute Gasteiger partial charge is 0.344 e. The Bertz CT molecular complexity index is 1040. The van der Waals surface area contributed by atoms with Crippen LogP contribution in [0.1, 0.15) is 18.4 Å². The minimum absolute atomic E-state index is 0.000757. The maximum atomic E-state index is 13.2. The number of carbonyl (C=O) groups excluding carboxylic acids is 4. The summed E-state index contributed by atoms with van der Waals surface area (Å²) in [7, 11) is 1.75. The van der Waals surface area contributed by atoms with Gasteiger partial charge in [-0.05, 0) is 29.5 Å². The molecule has 2 aliphatic heterocycles. The number of hydrogen-bond donors (Lipinski definition) is 2. The third kappa shape index (κ3) is 5.39. The summed E-state index contributed by atoms with van der Waals surface area (Å²) in [5, 5.41) is 4.77. The molecule has 0 spiro atoms. The van der Waals surface area contributed by atoms with E-state index in [1.807, 2.05) is 42.5 Å². The van der Waals surface area contributed by atoms with Crippen molar-refractivity contribution in [3.63, 3.8) is 0 Å². The average Bonchev–Trinajstić information content (AvgIpc) is 3.08. The summed E-state index contributed by atoms with van der Waals surface area (Å²) in [5.74, 6) is -1.04. The van der Waals surface area contributed by atoms with Crippen molar-refractivity contribution >= 4 is 23.8 Å². The molecule has 2 aromatic carbocycles. The van der Waals surface area contributed by atoms with Gasteiger partial charge in [0.1, 0.15) is 6.04 Å². The highest BCUT2D eigenvalue weighted by molar-refractivity contribution is 5.98. The van der Waals surface area contributed by atoms with Gasteiger partial charge >= 0.3 is 6.03 Å². The molecule has 0 saturated carbocycles. The van der Waals surface area contributed by atoms with Crippen molar-refractivity contribution in [2.24, 2.45) is 5.92 Å². The topological polar surface area (TPSA) is 98.8 Å². The molecule has 2 aromatic rings. The van der Waals surface area contributed by atoms with Gasteiger partial charge < -0.3 is 15.1 Å². The second kappa shape index (κ2) is 9.85. The van der Waals surface area contributed by atoms with Crippen LogP contribution in [0.4, 0.5) is 4.79 Å². The summed E-state index contributed by atoms with van der Waals surface area (Å²) in [5.41, 5.74) is 3.26. The van der Waals surface area contributed by atoms with Gasteiger partial charge in [0.2, 0.25) is 17.7 Å². The molecule has 2 heterocycles. The Morgan fingerprint density at radius 3 is 2.39 bits per heavy atom. The molecule has 2 saturated heterocycles. The third-order valence-electron chi connectivity index (χ3n) is 6.24. The molecular formula is C25H28N4O4. The van der Waals surface area contributed by atoms with Crippen molar-refractivity contribution in [2.75, 3.05) is 26.7 Å². The van der Waals surface area contributed by atoms with E-state index < -0.39 is 18.0 Å². The zero-order valence-corrected chi connectivity index (χ0v) is 18.6. The van der Waals surface area contributed by atoms with Gasteiger partial charge in [0.15, 0.2) is 0 Å². The van der Waals surface area contributed by atoms with Crippen LogP contribution in [0.25, 0.3) is 11.1 Å². The van der Waals surface area contributed by atoms with Gasteiger partial charge in [0.25, 0.3) is 0 Å². The second-order valence-corrected chi connectivity index (χ2v) is 8.62. The molecule has 2 aliphatic rings. The molecule has 0 radical (unpaired) electrons. The van der Waals surface area contributed by atoms with Gasteiger partial charge in [-0.15, -0.1) is 0 Å². The molecule has 8 nitrogen and oxygen atoms in total. The summed E-state index contributed by atoms with van der Waals surface area (Å²) < 4.78 is 0. The van der Waals surface area contributed by atoms with Crippen LogP contribution in [0.15, 0.2) is 54.6 Å². The van der Waals surface area contributed by atoms with Gasteiger partial charge in [-0.1, -0.05) is 54.6 Å². The summed E-state index contributed by atoms with van der Waals surface area (Å²) in [6.07, 6.45) is 0.848. The van der Waals surface area contributed by atoms with Crippen molar-refractivity contribution in [2.45, 2.75) is 25.3 Å². The third-order valence-corrected chi connectivity index (χ3v) is 6.24. The molecular weight excluding hydrogens is 420 g/mol. The predicted molar refractivity (Wildman–Crippen MR) is 123 cm³/mol. The SMILES string of the molecule is CN1CCN(C(=O)[C@@H]2CCC(=O)NC(=O)N2)C[C@H](Cc2ccc(-c3ccccc3)cc2)C1=O. The van der Waals surface area contributed by atoms with E-state index in [1.165, 1.54) is 0 Å². The lowest BCUT2D eigenvalue weighted by Crippen LogP contribution is -2.51. The smallest absolute Gasteiger partial charge is 0.322 e. The van der Waals surface area contributed by atoms with Crippen LogP contribution < -0.4 is 10.6 Å². The van der Waals surface area contributed by atoms with Gasteiger partial charge in [0.05, 0.1) is 5.92 Å². The first-order valence-electron chi connectivity index (χ1n) is 11.2. The molecule has 8 heteroatoms. The molecule has 2 fully saturated rings. The van der Waals surface area contributed by atoms with Crippen LogP contribution >= 0.6 is 0 Å². The maximum absolute atomic E-state index is 13.2. The van der Waals surface area contributed by atoms with E-state index in [4.69, 9.17) is 0 Å². The maximum Gasteiger partial charge on any atom is 0.322 e. The van der Waals surface area contributed by atoms with Crippen molar-refractivity contribution in [3.05, 3.63) is 60.2 Å². The Kier molecular flexibility index (Phi) is 6.72. The van der Waals surface area contributed by atoms with E-state index in [9.17, 15) is 19.2 Å². The molecule has 2 atom stereocenters. The van der Waals surface area contributed by atoms with E-state index in [0.717, 1.165) is 16.7 Å². The highest BCUT2D eigenvalue weighted by Gasteiger charge is 2.35. The van der Waals surface area contributed by atoms with E-state index in [0.29, 0.717) is 19.5 Å². The number of benzene rings is 2. The quantitative estimate of drug-likeness (QED) is 0.745. The Balaban J connectivity index is 1.47. The predicted octanol–water partition coefficient (Wildman–Crippen LogP) is 1.80. The lowest BCUT2D eigenvalue weighted by atomic mass is 9.95. The van der Waals surface area contributed by atoms with Crippen molar-refractivity contribution in [1.82, 2.24) is 20.4 Å². The Hall–Kier alpha value is -3.68. The lowest BCUT2D eigenvalue weighted by molar-refractivity contribution is -0.135. The lowest BCUT2D eigenvalue weighted by Gasteiger charge is -2.27. The fraction of sp³-hybridized carbons (Fsp3) is 0.360. The first-order valence-corrected chi connectivity index (χ1v) is 11.2. The molecule has 4 rings (SSSR count). The van der Waals surface area contributed by atoms with Crippen LogP contribution in [-0.2, 0) is 20.8 Å². The van der Waals surface area contributed by atoms with E-state index in [2.05, 4.69) is 22.8 Å². The van der Waals surface area contributed by atoms with E-state index in [-0.39, 0.29) is 37.1 Å². The number of rotatable bonds is 4. The van der Waals surface area contributed by atoms with Gasteiger partial charge in [-0.3, -0.25) is 19.7 Å². The first kappa shape index (κ1) is 22.5. The zero-order chi connectivity index (χ0) is 23.4. The van der Waals surface area contributed by atoms with Crippen LogP contribution in [0, 0.1) is 5.92 Å². The van der Waals surface area contributed by atoms with E-state index >= 15 is 0 Å². The van der Waals surface area contributed by atoms with Gasteiger partial charge in [-0.25, -0.2) is 4.79 Å². The van der Waals surface area contributed by atoms with Gasteiger partial charge in [-0.2, -0.15) is 0 Å². The number of nitrogens with zero attached hydrogens (tertiary/aromatic N) is 2. The zero-order valence-electron chi connectivity index (χ0n) is 18.6. The molecule has 0 aromatic heterocycles. The summed E-state index contributed by atoms with van der Waals surface area (Å²) in [4.78, 5) is 52.9. The Morgan fingerprint density at radius 1 is 0.970 bits per heavy atom. The second-order valence-electron chi connectivity index (χ2n) is 8.62. The number of nitrogens with one attached hydrogen (secondary N) is 2. The van der Waals surface area contributed by atoms with Crippen LogP contribution in [0.5, 0.6) is 0 Å². The molecule has 2 N–H and O–H groups in total. The first-order chi connectivity index (χ1) is 15.9. The molecule has 0 bridgehead atoms. The fourth-order valence-electron chi connectivity index (χ4n) is 4.37. The van der Waals surface area contributed by atoms with Crippen molar-refractivity contribution in [3.8, 4) is 11.1 Å². The Labute approximate surface area is 192 Å². The highest BCUT2D eigenvalue weighted by Crippen LogP contribution is 2.22. The monoisotopic (exact) mass is 448 g/mol. The molecule has 0 aliphatic carbocycles. The highest BCUT2D eigenvalue weighted by atomic mass is 16.2. The molecule has 172 valence electrons. The molecule has 33 heavy (non-hydrogen) atoms. The van der Waals surface area contributed by atoms with Crippen molar-refractivity contribution < 1.29 is 19.2 Å².